The second kappa shape index (κ2) is 13.2. The van der Waals surface area contributed by atoms with Crippen LogP contribution in [0.3, 0.4) is 0 Å². The lowest BCUT2D eigenvalue weighted by Crippen LogP contribution is -2.49. The number of aromatic nitrogens is 2. The van der Waals surface area contributed by atoms with Gasteiger partial charge < -0.3 is 10.6 Å². The van der Waals surface area contributed by atoms with Crippen LogP contribution >= 0.6 is 0 Å². The summed E-state index contributed by atoms with van der Waals surface area (Å²) in [7, 11) is -1.61. The fraction of sp³-hybridized carbons (Fsp3) is 0.545. The number of carbonyl (C=O) groups excluding carboxylic acids is 2. The summed E-state index contributed by atoms with van der Waals surface area (Å²) in [5, 5.41) is 7.93. The minimum atomic E-state index is -3.51. The highest BCUT2D eigenvalue weighted by Gasteiger charge is 2.30. The van der Waals surface area contributed by atoms with Crippen molar-refractivity contribution in [3.63, 3.8) is 0 Å². The third-order valence-electron chi connectivity index (χ3n) is 9.88. The molecule has 3 aliphatic rings. The van der Waals surface area contributed by atoms with Gasteiger partial charge in [-0.05, 0) is 92.4 Å². The number of benzene rings is 2. The number of nitrogens with one attached hydrogen (secondary N) is 1. The second-order valence-corrected chi connectivity index (χ2v) is 14.9. The first kappa shape index (κ1) is 31.7. The summed E-state index contributed by atoms with van der Waals surface area (Å²) in [4.78, 5) is 28.5. The summed E-state index contributed by atoms with van der Waals surface area (Å²) in [5.41, 5.74) is 9.34. The van der Waals surface area contributed by atoms with E-state index in [2.05, 4.69) is 46.5 Å². The Kier molecular flexibility index (Phi) is 9.28. The number of urea groups is 1. The Bertz CT molecular complexity index is 1660. The molecule has 11 nitrogen and oxygen atoms in total. The van der Waals surface area contributed by atoms with Crippen molar-refractivity contribution in [2.45, 2.75) is 68.7 Å². The smallest absolute Gasteiger partial charge is 0.328 e. The lowest BCUT2D eigenvalue weighted by Gasteiger charge is -2.34. The maximum absolute atomic E-state index is 13.3. The van der Waals surface area contributed by atoms with E-state index in [4.69, 9.17) is 5.73 Å². The van der Waals surface area contributed by atoms with Crippen molar-refractivity contribution >= 4 is 38.7 Å². The number of likely N-dealkylation sites (tertiary alicyclic amines) is 1. The Labute approximate surface area is 265 Å². The number of hydrogen-bond donors (Lipinski definition) is 2. The Balaban J connectivity index is 1.06. The number of fused-ring (bicyclic) bond motifs is 1. The van der Waals surface area contributed by atoms with Crippen LogP contribution in [0, 0.1) is 5.92 Å². The standard InChI is InChI=1S/C33H45N7O4S/c1-3-23(19-24-5-4-6-28(20-24)45(43,44)39-16-11-27(34)12-17-39)22-38-14-9-25(10-15-38)26-7-8-29-30(21-26)37(2)36-32(29)40-18-13-31(41)35-33(40)42/h4-8,20-21,23,25,27H,3,9-19,22,34H2,1-2H3,(H,35,41,42). The first-order valence-corrected chi connectivity index (χ1v) is 17.7. The molecule has 242 valence electrons. The summed E-state index contributed by atoms with van der Waals surface area (Å²) in [5.74, 6) is 1.23. The van der Waals surface area contributed by atoms with E-state index in [-0.39, 0.29) is 18.4 Å². The van der Waals surface area contributed by atoms with Crippen LogP contribution < -0.4 is 16.0 Å². The highest BCUT2D eigenvalue weighted by molar-refractivity contribution is 7.89. The van der Waals surface area contributed by atoms with E-state index in [1.807, 2.05) is 23.9 Å². The SMILES string of the molecule is CCC(Cc1cccc(S(=O)(=O)N2CCC(N)CC2)c1)CN1CCC(c2ccc3c(N4CCC(=O)NC4=O)nn(C)c3c2)CC1. The van der Waals surface area contributed by atoms with Gasteiger partial charge in [0.1, 0.15) is 0 Å². The van der Waals surface area contributed by atoms with Crippen molar-refractivity contribution in [1.29, 1.82) is 0 Å². The van der Waals surface area contributed by atoms with Gasteiger partial charge in [0.2, 0.25) is 15.9 Å². The Morgan fingerprint density at radius 3 is 2.47 bits per heavy atom. The monoisotopic (exact) mass is 635 g/mol. The van der Waals surface area contributed by atoms with Gasteiger partial charge in [-0.15, -0.1) is 0 Å². The van der Waals surface area contributed by atoms with Crippen molar-refractivity contribution in [3.05, 3.63) is 53.6 Å². The summed E-state index contributed by atoms with van der Waals surface area (Å²) in [6.07, 6.45) is 5.69. The number of hydrogen-bond acceptors (Lipinski definition) is 7. The number of amides is 3. The molecule has 1 aromatic heterocycles. The minimum absolute atomic E-state index is 0.0845. The molecule has 4 heterocycles. The third kappa shape index (κ3) is 6.79. The molecule has 3 saturated heterocycles. The molecule has 3 amide bonds. The number of nitrogens with zero attached hydrogens (tertiary/aromatic N) is 5. The largest absolute Gasteiger partial charge is 0.329 e. The first-order chi connectivity index (χ1) is 21.6. The Morgan fingerprint density at radius 1 is 1.00 bits per heavy atom. The van der Waals surface area contributed by atoms with Crippen LogP contribution in [0.4, 0.5) is 10.6 Å². The average molecular weight is 636 g/mol. The zero-order valence-corrected chi connectivity index (χ0v) is 27.1. The van der Waals surface area contributed by atoms with Crippen molar-refractivity contribution in [2.75, 3.05) is 44.2 Å². The number of sulfonamides is 1. The summed E-state index contributed by atoms with van der Waals surface area (Å²) in [6.45, 7) is 6.55. The third-order valence-corrected chi connectivity index (χ3v) is 11.8. The fourth-order valence-electron chi connectivity index (χ4n) is 7.06. The summed E-state index contributed by atoms with van der Waals surface area (Å²) >= 11 is 0. The van der Waals surface area contributed by atoms with E-state index in [0.29, 0.717) is 55.0 Å². The fourth-order valence-corrected chi connectivity index (χ4v) is 8.60. The molecule has 0 radical (unpaired) electrons. The van der Waals surface area contributed by atoms with E-state index >= 15 is 0 Å². The molecule has 3 aromatic rings. The van der Waals surface area contributed by atoms with Gasteiger partial charge in [-0.3, -0.25) is 19.7 Å². The highest BCUT2D eigenvalue weighted by Crippen LogP contribution is 2.34. The number of piperidine rings is 2. The summed E-state index contributed by atoms with van der Waals surface area (Å²) < 4.78 is 30.0. The van der Waals surface area contributed by atoms with Gasteiger partial charge in [0.05, 0.1) is 10.4 Å². The molecule has 0 saturated carbocycles. The lowest BCUT2D eigenvalue weighted by molar-refractivity contribution is -0.120. The molecule has 0 bridgehead atoms. The van der Waals surface area contributed by atoms with Gasteiger partial charge in [0, 0.05) is 51.1 Å². The molecule has 45 heavy (non-hydrogen) atoms. The number of imide groups is 1. The van der Waals surface area contributed by atoms with Crippen LogP contribution in [-0.4, -0.2) is 84.7 Å². The van der Waals surface area contributed by atoms with Gasteiger partial charge in [0.15, 0.2) is 5.82 Å². The van der Waals surface area contributed by atoms with Gasteiger partial charge in [-0.2, -0.15) is 9.40 Å². The van der Waals surface area contributed by atoms with Gasteiger partial charge >= 0.3 is 6.03 Å². The van der Waals surface area contributed by atoms with E-state index in [1.165, 1.54) is 5.56 Å². The van der Waals surface area contributed by atoms with Crippen LogP contribution in [0.25, 0.3) is 10.9 Å². The summed E-state index contributed by atoms with van der Waals surface area (Å²) in [6, 6.07) is 13.6. The van der Waals surface area contributed by atoms with Crippen molar-refractivity contribution in [2.24, 2.45) is 18.7 Å². The number of carbonyl (C=O) groups is 2. The second-order valence-electron chi connectivity index (χ2n) is 12.9. The van der Waals surface area contributed by atoms with Crippen LogP contribution in [-0.2, 0) is 28.3 Å². The molecule has 0 spiro atoms. The van der Waals surface area contributed by atoms with Crippen LogP contribution in [0.1, 0.15) is 62.5 Å². The number of aryl methyl sites for hydroxylation is 1. The average Bonchev–Trinajstić information content (AvgIpc) is 3.36. The van der Waals surface area contributed by atoms with E-state index in [1.54, 1.807) is 15.3 Å². The maximum atomic E-state index is 13.3. The Hall–Kier alpha value is -3.32. The van der Waals surface area contributed by atoms with Crippen LogP contribution in [0.2, 0.25) is 0 Å². The molecule has 12 heteroatoms. The first-order valence-electron chi connectivity index (χ1n) is 16.3. The van der Waals surface area contributed by atoms with Crippen molar-refractivity contribution in [3.8, 4) is 0 Å². The quantitative estimate of drug-likeness (QED) is 0.367. The van der Waals surface area contributed by atoms with E-state index in [0.717, 1.165) is 61.8 Å². The molecular formula is C33H45N7O4S. The molecule has 3 N–H and O–H groups in total. The lowest BCUT2D eigenvalue weighted by atomic mass is 9.88. The van der Waals surface area contributed by atoms with Crippen molar-refractivity contribution in [1.82, 2.24) is 24.3 Å². The molecule has 1 atom stereocenters. The number of nitrogens with two attached hydrogens (primary N) is 1. The minimum Gasteiger partial charge on any atom is -0.328 e. The zero-order valence-electron chi connectivity index (χ0n) is 26.3. The molecule has 0 aliphatic carbocycles. The maximum Gasteiger partial charge on any atom is 0.329 e. The molecule has 3 fully saturated rings. The van der Waals surface area contributed by atoms with Gasteiger partial charge in [0.25, 0.3) is 0 Å². The van der Waals surface area contributed by atoms with Gasteiger partial charge in [-0.25, -0.2) is 13.2 Å². The number of anilines is 1. The molecule has 3 aliphatic heterocycles. The molecule has 2 aromatic carbocycles. The van der Waals surface area contributed by atoms with Gasteiger partial charge in [-0.1, -0.05) is 31.5 Å². The predicted octanol–water partition coefficient (Wildman–Crippen LogP) is 3.58. The molecule has 1 unspecified atom stereocenters. The van der Waals surface area contributed by atoms with Crippen molar-refractivity contribution < 1.29 is 18.0 Å². The normalized spacial score (nSPS) is 20.6. The van der Waals surface area contributed by atoms with E-state index < -0.39 is 16.1 Å². The van der Waals surface area contributed by atoms with Crippen LogP contribution in [0.15, 0.2) is 47.4 Å². The van der Waals surface area contributed by atoms with E-state index in [9.17, 15) is 18.0 Å². The topological polar surface area (TPSA) is 134 Å². The molecule has 6 rings (SSSR count). The van der Waals surface area contributed by atoms with Crippen LogP contribution in [0.5, 0.6) is 0 Å². The highest BCUT2D eigenvalue weighted by atomic mass is 32.2. The zero-order chi connectivity index (χ0) is 31.7. The molecular weight excluding hydrogens is 590 g/mol. The number of rotatable bonds is 9. The Morgan fingerprint density at radius 2 is 1.76 bits per heavy atom. The predicted molar refractivity (Wildman–Crippen MR) is 175 cm³/mol.